The molecule has 186 valence electrons. The second-order valence-corrected chi connectivity index (χ2v) is 9.94. The first-order valence-electron chi connectivity index (χ1n) is 10.7. The minimum absolute atomic E-state index is 0.00711. The van der Waals surface area contributed by atoms with Gasteiger partial charge in [0, 0.05) is 6.07 Å². The van der Waals surface area contributed by atoms with E-state index in [1.54, 1.807) is 27.7 Å². The molecule has 0 radical (unpaired) electrons. The Labute approximate surface area is 212 Å². The lowest BCUT2D eigenvalue weighted by atomic mass is 9.94. The van der Waals surface area contributed by atoms with Crippen LogP contribution < -0.4 is 4.90 Å². The summed E-state index contributed by atoms with van der Waals surface area (Å²) in [4.78, 5) is 60.5. The number of benzene rings is 1. The molecule has 1 aliphatic heterocycles. The molecule has 1 atom stereocenters. The molecule has 4 rings (SSSR count). The second-order valence-electron chi connectivity index (χ2n) is 7.76. The molecular formula is C23H20N4O7S2. The number of rotatable bonds is 7. The number of para-hydroxylation sites is 1. The average molecular weight is 529 g/mol. The number of amides is 1. The van der Waals surface area contributed by atoms with Crippen molar-refractivity contribution in [2.24, 2.45) is 0 Å². The van der Waals surface area contributed by atoms with Crippen LogP contribution in [-0.2, 0) is 9.53 Å². The molecule has 1 unspecified atom stereocenters. The van der Waals surface area contributed by atoms with E-state index in [0.29, 0.717) is 10.7 Å². The summed E-state index contributed by atoms with van der Waals surface area (Å²) in [5.74, 6) is -3.13. The molecular weight excluding hydrogens is 508 g/mol. The molecule has 1 N–H and O–H groups in total. The lowest BCUT2D eigenvalue weighted by molar-refractivity contribution is -0.385. The van der Waals surface area contributed by atoms with E-state index >= 15 is 0 Å². The summed E-state index contributed by atoms with van der Waals surface area (Å²) in [7, 11) is 0. The van der Waals surface area contributed by atoms with Crippen molar-refractivity contribution in [3.63, 3.8) is 0 Å². The Bertz CT molecular complexity index is 1460. The first-order valence-corrected chi connectivity index (χ1v) is 12.3. The van der Waals surface area contributed by atoms with Gasteiger partial charge in [0.2, 0.25) is 5.78 Å². The minimum Gasteiger partial charge on any atom is -0.503 e. The van der Waals surface area contributed by atoms with E-state index < -0.39 is 34.4 Å². The number of anilines is 1. The number of thiazole rings is 2. The van der Waals surface area contributed by atoms with Crippen molar-refractivity contribution in [1.82, 2.24) is 9.97 Å². The van der Waals surface area contributed by atoms with Gasteiger partial charge >= 0.3 is 5.97 Å². The monoisotopic (exact) mass is 528 g/mol. The number of esters is 1. The van der Waals surface area contributed by atoms with Crippen LogP contribution in [0.25, 0.3) is 0 Å². The lowest BCUT2D eigenvalue weighted by Crippen LogP contribution is -2.31. The number of aliphatic hydroxyl groups is 1. The number of ketones is 1. The Balaban J connectivity index is 1.93. The van der Waals surface area contributed by atoms with Gasteiger partial charge in [-0.2, -0.15) is 0 Å². The highest BCUT2D eigenvalue weighted by Crippen LogP contribution is 2.46. The van der Waals surface area contributed by atoms with Crippen molar-refractivity contribution in [3.05, 3.63) is 77.4 Å². The maximum Gasteiger partial charge on any atom is 0.350 e. The van der Waals surface area contributed by atoms with E-state index in [2.05, 4.69) is 9.97 Å². The van der Waals surface area contributed by atoms with Gasteiger partial charge in [0.05, 0.1) is 43.9 Å². The number of hydrogen-bond acceptors (Lipinski definition) is 11. The van der Waals surface area contributed by atoms with E-state index in [9.17, 15) is 29.6 Å². The summed E-state index contributed by atoms with van der Waals surface area (Å²) < 4.78 is 5.05. The third kappa shape index (κ3) is 4.16. The van der Waals surface area contributed by atoms with Crippen LogP contribution in [0.2, 0.25) is 0 Å². The van der Waals surface area contributed by atoms with Gasteiger partial charge in [-0.3, -0.25) is 24.6 Å². The molecule has 1 aliphatic rings. The summed E-state index contributed by atoms with van der Waals surface area (Å²) in [6.45, 7) is 6.66. The van der Waals surface area contributed by atoms with Crippen molar-refractivity contribution >= 4 is 51.2 Å². The van der Waals surface area contributed by atoms with Crippen LogP contribution in [0.5, 0.6) is 0 Å². The fraction of sp³-hybridized carbons (Fsp3) is 0.261. The zero-order chi connectivity index (χ0) is 26.3. The van der Waals surface area contributed by atoms with Gasteiger partial charge in [0.25, 0.3) is 11.6 Å². The fourth-order valence-electron chi connectivity index (χ4n) is 3.95. The van der Waals surface area contributed by atoms with E-state index in [-0.39, 0.29) is 44.0 Å². The van der Waals surface area contributed by atoms with E-state index in [4.69, 9.17) is 4.74 Å². The molecule has 0 saturated carbocycles. The van der Waals surface area contributed by atoms with Crippen LogP contribution >= 0.6 is 22.7 Å². The Kier molecular flexibility index (Phi) is 6.69. The number of carbonyl (C=O) groups is 3. The number of Topliss-reactive ketones (excluding diaryl/α,β-unsaturated/α-hetero) is 1. The zero-order valence-corrected chi connectivity index (χ0v) is 21.2. The van der Waals surface area contributed by atoms with Crippen LogP contribution in [0.15, 0.2) is 35.6 Å². The van der Waals surface area contributed by atoms with Gasteiger partial charge < -0.3 is 9.84 Å². The number of nitro groups is 1. The number of nitrogens with zero attached hydrogens (tertiary/aromatic N) is 4. The zero-order valence-electron chi connectivity index (χ0n) is 19.6. The number of aliphatic hydroxyl groups excluding tert-OH is 1. The van der Waals surface area contributed by atoms with Gasteiger partial charge in [-0.05, 0) is 33.8 Å². The molecule has 36 heavy (non-hydrogen) atoms. The highest BCUT2D eigenvalue weighted by atomic mass is 32.1. The van der Waals surface area contributed by atoms with Crippen molar-refractivity contribution in [3.8, 4) is 0 Å². The van der Waals surface area contributed by atoms with Crippen LogP contribution in [-0.4, -0.2) is 44.3 Å². The van der Waals surface area contributed by atoms with Crippen LogP contribution in [0.3, 0.4) is 0 Å². The van der Waals surface area contributed by atoms with Gasteiger partial charge in [0.1, 0.15) is 10.9 Å². The smallest absolute Gasteiger partial charge is 0.350 e. The standard InChI is InChI=1S/C23H20N4O7S2/c1-5-34-22(31)20-11(3)25-23(36-20)26-16(13-8-6-7-9-14(13)27(32)33)15(18(29)21(26)30)17(28)19-10(2)24-12(4)35-19/h6-9,16,29H,5H2,1-4H3. The molecule has 3 aromatic rings. The Hall–Kier alpha value is -3.97. The molecule has 11 nitrogen and oxygen atoms in total. The fourth-order valence-corrected chi connectivity index (χ4v) is 5.81. The van der Waals surface area contributed by atoms with Crippen LogP contribution in [0, 0.1) is 30.9 Å². The number of hydrogen-bond donors (Lipinski definition) is 1. The molecule has 3 heterocycles. The summed E-state index contributed by atoms with van der Waals surface area (Å²) >= 11 is 1.92. The van der Waals surface area contributed by atoms with Gasteiger partial charge in [-0.25, -0.2) is 14.8 Å². The second kappa shape index (κ2) is 9.59. The largest absolute Gasteiger partial charge is 0.503 e. The van der Waals surface area contributed by atoms with Crippen molar-refractivity contribution in [2.45, 2.75) is 33.7 Å². The summed E-state index contributed by atoms with van der Waals surface area (Å²) in [6.07, 6.45) is 0. The number of nitro benzene ring substituents is 1. The first kappa shape index (κ1) is 25.1. The topological polar surface area (TPSA) is 153 Å². The average Bonchev–Trinajstić information content (AvgIpc) is 3.46. The van der Waals surface area contributed by atoms with E-state index in [0.717, 1.165) is 27.6 Å². The van der Waals surface area contributed by atoms with E-state index in [1.807, 2.05) is 0 Å². The highest BCUT2D eigenvalue weighted by molar-refractivity contribution is 7.17. The Morgan fingerprint density at radius 2 is 1.81 bits per heavy atom. The molecule has 0 spiro atoms. The molecule has 0 saturated heterocycles. The summed E-state index contributed by atoms with van der Waals surface area (Å²) in [5.41, 5.74) is 0.0103. The molecule has 13 heteroatoms. The van der Waals surface area contributed by atoms with Crippen LogP contribution in [0.1, 0.15) is 54.3 Å². The van der Waals surface area contributed by atoms with Crippen molar-refractivity contribution in [1.29, 1.82) is 0 Å². The SMILES string of the molecule is CCOC(=O)c1sc(N2C(=O)C(O)=C(C(=O)c3sc(C)nc3C)C2c2ccccc2[N+](=O)[O-])nc1C. The molecule has 1 amide bonds. The molecule has 1 aromatic carbocycles. The lowest BCUT2D eigenvalue weighted by Gasteiger charge is -2.24. The number of aryl methyl sites for hydroxylation is 3. The number of carbonyl (C=O) groups excluding carboxylic acids is 3. The van der Waals surface area contributed by atoms with Gasteiger partial charge in [-0.15, -0.1) is 11.3 Å². The predicted molar refractivity (Wildman–Crippen MR) is 132 cm³/mol. The normalized spacial score (nSPS) is 15.5. The first-order chi connectivity index (χ1) is 17.1. The quantitative estimate of drug-likeness (QED) is 0.203. The van der Waals surface area contributed by atoms with Crippen molar-refractivity contribution < 1.29 is 29.2 Å². The number of ether oxygens (including phenoxy) is 1. The minimum atomic E-state index is -1.37. The third-order valence-electron chi connectivity index (χ3n) is 5.44. The molecule has 2 aromatic heterocycles. The van der Waals surface area contributed by atoms with E-state index in [1.165, 1.54) is 24.3 Å². The number of aromatic nitrogens is 2. The highest BCUT2D eigenvalue weighted by Gasteiger charge is 2.48. The van der Waals surface area contributed by atoms with Gasteiger partial charge in [0.15, 0.2) is 10.9 Å². The maximum atomic E-state index is 13.7. The molecule has 0 aliphatic carbocycles. The molecule has 0 bridgehead atoms. The predicted octanol–water partition coefficient (Wildman–Crippen LogP) is 4.39. The summed E-state index contributed by atoms with van der Waals surface area (Å²) in [5, 5.41) is 23.4. The summed E-state index contributed by atoms with van der Waals surface area (Å²) in [6, 6.07) is 4.27. The third-order valence-corrected chi connectivity index (χ3v) is 7.65. The van der Waals surface area contributed by atoms with Gasteiger partial charge in [-0.1, -0.05) is 23.5 Å². The van der Waals surface area contributed by atoms with Crippen molar-refractivity contribution in [2.75, 3.05) is 11.5 Å². The molecule has 0 fully saturated rings. The van der Waals surface area contributed by atoms with Crippen LogP contribution in [0.4, 0.5) is 10.8 Å². The maximum absolute atomic E-state index is 13.7. The Morgan fingerprint density at radius 1 is 1.14 bits per heavy atom. The Morgan fingerprint density at radius 3 is 2.42 bits per heavy atom.